The first-order valence-electron chi connectivity index (χ1n) is 7.76. The number of anilines is 5. The quantitative estimate of drug-likeness (QED) is 0.611. The number of hydrogen-bond donors (Lipinski definition) is 3. The summed E-state index contributed by atoms with van der Waals surface area (Å²) in [5.74, 6) is -0.0849. The van der Waals surface area contributed by atoms with E-state index in [9.17, 15) is 4.79 Å². The minimum Gasteiger partial charge on any atom is -0.354 e. The van der Waals surface area contributed by atoms with Gasteiger partial charge in [-0.1, -0.05) is 36.4 Å². The molecule has 0 aromatic heterocycles. The summed E-state index contributed by atoms with van der Waals surface area (Å²) >= 11 is 0. The van der Waals surface area contributed by atoms with E-state index in [0.717, 1.165) is 28.4 Å². The number of benzene rings is 3. The molecule has 0 unspecified atom stereocenters. The fourth-order valence-corrected chi connectivity index (χ4v) is 2.41. The first-order valence-corrected chi connectivity index (χ1v) is 7.76. The summed E-state index contributed by atoms with van der Waals surface area (Å²) in [6.07, 6.45) is 0. The summed E-state index contributed by atoms with van der Waals surface area (Å²) in [4.78, 5) is 11.2. The third-order valence-corrected chi connectivity index (χ3v) is 3.44. The monoisotopic (exact) mass is 317 g/mol. The van der Waals surface area contributed by atoms with Crippen LogP contribution in [0.5, 0.6) is 0 Å². The number of carbonyl (C=O) groups is 1. The van der Waals surface area contributed by atoms with Crippen molar-refractivity contribution in [3.8, 4) is 0 Å². The van der Waals surface area contributed by atoms with E-state index in [-0.39, 0.29) is 5.91 Å². The highest BCUT2D eigenvalue weighted by Crippen LogP contribution is 2.29. The molecular weight excluding hydrogens is 298 g/mol. The molecule has 0 spiro atoms. The predicted molar refractivity (Wildman–Crippen MR) is 100 cm³/mol. The Kier molecular flexibility index (Phi) is 4.77. The SMILES string of the molecule is CC(=O)Nc1cccc(Nc2ccccc2Nc2ccccc2)c1. The fraction of sp³-hybridized carbons (Fsp3) is 0.0500. The van der Waals surface area contributed by atoms with Crippen LogP contribution in [0, 0.1) is 0 Å². The van der Waals surface area contributed by atoms with Gasteiger partial charge in [0.2, 0.25) is 5.91 Å². The Hall–Kier alpha value is -3.27. The van der Waals surface area contributed by atoms with E-state index < -0.39 is 0 Å². The zero-order valence-corrected chi connectivity index (χ0v) is 13.4. The lowest BCUT2D eigenvalue weighted by Gasteiger charge is -2.14. The van der Waals surface area contributed by atoms with Gasteiger partial charge in [-0.3, -0.25) is 4.79 Å². The number of para-hydroxylation sites is 3. The van der Waals surface area contributed by atoms with E-state index in [2.05, 4.69) is 16.0 Å². The van der Waals surface area contributed by atoms with E-state index in [4.69, 9.17) is 0 Å². The van der Waals surface area contributed by atoms with Gasteiger partial charge in [0.05, 0.1) is 11.4 Å². The average Bonchev–Trinajstić information content (AvgIpc) is 2.57. The molecule has 4 heteroatoms. The summed E-state index contributed by atoms with van der Waals surface area (Å²) in [7, 11) is 0. The van der Waals surface area contributed by atoms with Crippen molar-refractivity contribution in [1.82, 2.24) is 0 Å². The van der Waals surface area contributed by atoms with Crippen LogP contribution in [0.3, 0.4) is 0 Å². The molecule has 1 amide bonds. The third-order valence-electron chi connectivity index (χ3n) is 3.44. The molecule has 120 valence electrons. The topological polar surface area (TPSA) is 53.2 Å². The molecule has 0 aliphatic rings. The lowest BCUT2D eigenvalue weighted by Crippen LogP contribution is -2.05. The molecule has 0 aliphatic heterocycles. The molecule has 0 saturated carbocycles. The fourth-order valence-electron chi connectivity index (χ4n) is 2.41. The van der Waals surface area contributed by atoms with Gasteiger partial charge >= 0.3 is 0 Å². The summed E-state index contributed by atoms with van der Waals surface area (Å²) in [5.41, 5.74) is 4.64. The Labute approximate surface area is 141 Å². The molecule has 0 aliphatic carbocycles. The smallest absolute Gasteiger partial charge is 0.221 e. The number of nitrogens with one attached hydrogen (secondary N) is 3. The minimum atomic E-state index is -0.0849. The minimum absolute atomic E-state index is 0.0849. The van der Waals surface area contributed by atoms with Crippen molar-refractivity contribution >= 4 is 34.3 Å². The van der Waals surface area contributed by atoms with E-state index in [1.54, 1.807) is 0 Å². The maximum atomic E-state index is 11.2. The molecule has 0 saturated heterocycles. The van der Waals surface area contributed by atoms with Crippen LogP contribution in [0.4, 0.5) is 28.4 Å². The lowest BCUT2D eigenvalue weighted by molar-refractivity contribution is -0.114. The van der Waals surface area contributed by atoms with E-state index in [1.165, 1.54) is 6.92 Å². The summed E-state index contributed by atoms with van der Waals surface area (Å²) in [5, 5.41) is 9.59. The molecule has 0 heterocycles. The van der Waals surface area contributed by atoms with Crippen molar-refractivity contribution in [3.05, 3.63) is 78.9 Å². The van der Waals surface area contributed by atoms with Crippen molar-refractivity contribution in [2.24, 2.45) is 0 Å². The second kappa shape index (κ2) is 7.33. The summed E-state index contributed by atoms with van der Waals surface area (Å²) in [6.45, 7) is 1.50. The average molecular weight is 317 g/mol. The van der Waals surface area contributed by atoms with Crippen LogP contribution >= 0.6 is 0 Å². The maximum Gasteiger partial charge on any atom is 0.221 e. The highest BCUT2D eigenvalue weighted by Gasteiger charge is 2.04. The lowest BCUT2D eigenvalue weighted by atomic mass is 10.2. The molecule has 24 heavy (non-hydrogen) atoms. The Morgan fingerprint density at radius 3 is 1.88 bits per heavy atom. The van der Waals surface area contributed by atoms with Crippen LogP contribution < -0.4 is 16.0 Å². The van der Waals surface area contributed by atoms with Crippen LogP contribution in [0.2, 0.25) is 0 Å². The van der Waals surface area contributed by atoms with Gasteiger partial charge in [-0.15, -0.1) is 0 Å². The highest BCUT2D eigenvalue weighted by molar-refractivity contribution is 5.89. The molecular formula is C20H19N3O. The van der Waals surface area contributed by atoms with Gasteiger partial charge in [0, 0.05) is 24.0 Å². The van der Waals surface area contributed by atoms with Gasteiger partial charge in [0.15, 0.2) is 0 Å². The van der Waals surface area contributed by atoms with Gasteiger partial charge in [-0.2, -0.15) is 0 Å². The number of hydrogen-bond acceptors (Lipinski definition) is 3. The zero-order chi connectivity index (χ0) is 16.8. The second-order valence-electron chi connectivity index (χ2n) is 5.42. The summed E-state index contributed by atoms with van der Waals surface area (Å²) in [6, 6.07) is 25.7. The van der Waals surface area contributed by atoms with Gasteiger partial charge in [-0.25, -0.2) is 0 Å². The Balaban J connectivity index is 1.82. The van der Waals surface area contributed by atoms with Crippen LogP contribution in [-0.2, 0) is 4.79 Å². The molecule has 3 N–H and O–H groups in total. The van der Waals surface area contributed by atoms with Gasteiger partial charge in [-0.05, 0) is 42.5 Å². The maximum absolute atomic E-state index is 11.2. The van der Waals surface area contributed by atoms with Gasteiger partial charge in [0.1, 0.15) is 0 Å². The standard InChI is InChI=1S/C20H19N3O/c1-15(24)21-17-10-7-11-18(14-17)23-20-13-6-5-12-19(20)22-16-8-3-2-4-9-16/h2-14,22-23H,1H3,(H,21,24). The molecule has 3 aromatic rings. The van der Waals surface area contributed by atoms with Crippen molar-refractivity contribution in [3.63, 3.8) is 0 Å². The third kappa shape index (κ3) is 4.14. The van der Waals surface area contributed by atoms with Crippen LogP contribution in [-0.4, -0.2) is 5.91 Å². The molecule has 0 bridgehead atoms. The van der Waals surface area contributed by atoms with Crippen molar-refractivity contribution in [1.29, 1.82) is 0 Å². The zero-order valence-electron chi connectivity index (χ0n) is 13.4. The molecule has 0 atom stereocenters. The second-order valence-corrected chi connectivity index (χ2v) is 5.42. The molecule has 4 nitrogen and oxygen atoms in total. The molecule has 0 radical (unpaired) electrons. The highest BCUT2D eigenvalue weighted by atomic mass is 16.1. The van der Waals surface area contributed by atoms with Crippen LogP contribution in [0.1, 0.15) is 6.92 Å². The first-order chi connectivity index (χ1) is 11.7. The van der Waals surface area contributed by atoms with Crippen LogP contribution in [0.15, 0.2) is 78.9 Å². The number of carbonyl (C=O) groups excluding carboxylic acids is 1. The van der Waals surface area contributed by atoms with E-state index >= 15 is 0 Å². The van der Waals surface area contributed by atoms with Crippen molar-refractivity contribution in [2.75, 3.05) is 16.0 Å². The molecule has 0 fully saturated rings. The number of amides is 1. The Morgan fingerprint density at radius 2 is 1.21 bits per heavy atom. The van der Waals surface area contributed by atoms with Gasteiger partial charge in [0.25, 0.3) is 0 Å². The van der Waals surface area contributed by atoms with E-state index in [1.807, 2.05) is 78.9 Å². The summed E-state index contributed by atoms with van der Waals surface area (Å²) < 4.78 is 0. The number of rotatable bonds is 5. The van der Waals surface area contributed by atoms with Crippen LogP contribution in [0.25, 0.3) is 0 Å². The Morgan fingerprint density at radius 1 is 0.667 bits per heavy atom. The van der Waals surface area contributed by atoms with E-state index in [0.29, 0.717) is 0 Å². The van der Waals surface area contributed by atoms with Gasteiger partial charge < -0.3 is 16.0 Å². The normalized spacial score (nSPS) is 10.0. The first kappa shape index (κ1) is 15.6. The predicted octanol–water partition coefficient (Wildman–Crippen LogP) is 5.13. The largest absolute Gasteiger partial charge is 0.354 e. The molecule has 3 aromatic carbocycles. The van der Waals surface area contributed by atoms with Crippen molar-refractivity contribution in [2.45, 2.75) is 6.92 Å². The Bertz CT molecular complexity index is 831. The molecule has 3 rings (SSSR count). The van der Waals surface area contributed by atoms with Crippen molar-refractivity contribution < 1.29 is 4.79 Å².